The summed E-state index contributed by atoms with van der Waals surface area (Å²) in [6, 6.07) is 16.0. The summed E-state index contributed by atoms with van der Waals surface area (Å²) in [5.41, 5.74) is 1.95. The number of carboxylic acids is 1. The number of carbonyl (C=O) groups is 2. The fraction of sp³-hybridized carbons (Fsp3) is 0.0476. The van der Waals surface area contributed by atoms with Crippen molar-refractivity contribution in [3.05, 3.63) is 83.9 Å². The molecule has 1 heterocycles. The molecule has 3 aromatic rings. The van der Waals surface area contributed by atoms with Crippen LogP contribution in [0.2, 0.25) is 0 Å². The third-order valence-corrected chi connectivity index (χ3v) is 3.73. The van der Waals surface area contributed by atoms with Gasteiger partial charge in [0, 0.05) is 17.3 Å². The number of carbonyl (C=O) groups excluding carboxylic acids is 1. The van der Waals surface area contributed by atoms with Crippen molar-refractivity contribution in [2.45, 2.75) is 6.42 Å². The molecule has 6 heteroatoms. The van der Waals surface area contributed by atoms with Crippen LogP contribution in [0, 0.1) is 5.82 Å². The van der Waals surface area contributed by atoms with Crippen LogP contribution in [0.15, 0.2) is 71.2 Å². The summed E-state index contributed by atoms with van der Waals surface area (Å²) in [6.07, 6.45) is 2.79. The highest BCUT2D eigenvalue weighted by Crippen LogP contribution is 2.23. The van der Waals surface area contributed by atoms with Crippen LogP contribution in [0.4, 0.5) is 10.1 Å². The molecule has 0 spiro atoms. The second-order valence-corrected chi connectivity index (χ2v) is 5.80. The second-order valence-electron chi connectivity index (χ2n) is 5.80. The minimum Gasteiger partial charge on any atom is -0.481 e. The summed E-state index contributed by atoms with van der Waals surface area (Å²) < 4.78 is 18.6. The molecule has 0 unspecified atom stereocenters. The fourth-order valence-corrected chi connectivity index (χ4v) is 2.43. The summed E-state index contributed by atoms with van der Waals surface area (Å²) in [5.74, 6) is -0.516. The fourth-order valence-electron chi connectivity index (χ4n) is 2.43. The van der Waals surface area contributed by atoms with Crippen molar-refractivity contribution >= 4 is 23.6 Å². The van der Waals surface area contributed by atoms with E-state index in [1.54, 1.807) is 48.5 Å². The van der Waals surface area contributed by atoms with Crippen LogP contribution in [0.3, 0.4) is 0 Å². The summed E-state index contributed by atoms with van der Waals surface area (Å²) in [6.45, 7) is 0. The molecule has 5 nitrogen and oxygen atoms in total. The highest BCUT2D eigenvalue weighted by molar-refractivity contribution is 6.01. The molecule has 0 saturated carbocycles. The quantitative estimate of drug-likeness (QED) is 0.636. The van der Waals surface area contributed by atoms with Crippen LogP contribution in [-0.4, -0.2) is 17.0 Å². The Bertz CT molecular complexity index is 972. The Morgan fingerprint density at radius 2 is 1.70 bits per heavy atom. The van der Waals surface area contributed by atoms with Gasteiger partial charge in [0.1, 0.15) is 17.3 Å². The van der Waals surface area contributed by atoms with Crippen LogP contribution in [0.5, 0.6) is 0 Å². The molecule has 2 aromatic carbocycles. The van der Waals surface area contributed by atoms with E-state index in [1.165, 1.54) is 24.3 Å². The van der Waals surface area contributed by atoms with Crippen LogP contribution < -0.4 is 5.32 Å². The summed E-state index contributed by atoms with van der Waals surface area (Å²) >= 11 is 0. The number of anilines is 1. The van der Waals surface area contributed by atoms with Gasteiger partial charge in [0.25, 0.3) is 0 Å². The van der Waals surface area contributed by atoms with Crippen molar-refractivity contribution in [2.24, 2.45) is 0 Å². The van der Waals surface area contributed by atoms with Crippen LogP contribution in [0.1, 0.15) is 11.3 Å². The number of carboxylic acid groups (broad SMARTS) is 1. The van der Waals surface area contributed by atoms with E-state index in [4.69, 9.17) is 9.52 Å². The summed E-state index contributed by atoms with van der Waals surface area (Å²) in [7, 11) is 0. The van der Waals surface area contributed by atoms with Gasteiger partial charge in [-0.05, 0) is 60.2 Å². The average Bonchev–Trinajstić information content (AvgIpc) is 3.11. The van der Waals surface area contributed by atoms with E-state index in [-0.39, 0.29) is 18.1 Å². The molecule has 1 amide bonds. The first-order valence-corrected chi connectivity index (χ1v) is 8.15. The molecular weight excluding hydrogens is 349 g/mol. The molecule has 0 saturated heterocycles. The maximum atomic E-state index is 13.0. The minimum absolute atomic E-state index is 0.0665. The summed E-state index contributed by atoms with van der Waals surface area (Å²) in [5, 5.41) is 11.4. The average molecular weight is 365 g/mol. The molecular formula is C21H16FNO4. The van der Waals surface area contributed by atoms with Gasteiger partial charge < -0.3 is 14.8 Å². The lowest BCUT2D eigenvalue weighted by molar-refractivity contribution is -0.136. The van der Waals surface area contributed by atoms with E-state index >= 15 is 0 Å². The lowest BCUT2D eigenvalue weighted by atomic mass is 10.1. The number of hydrogen-bond acceptors (Lipinski definition) is 3. The third-order valence-electron chi connectivity index (χ3n) is 3.73. The van der Waals surface area contributed by atoms with Crippen molar-refractivity contribution in [3.8, 4) is 11.3 Å². The van der Waals surface area contributed by atoms with Gasteiger partial charge in [-0.25, -0.2) is 4.39 Å². The van der Waals surface area contributed by atoms with E-state index in [0.29, 0.717) is 22.8 Å². The number of furan rings is 1. The van der Waals surface area contributed by atoms with Gasteiger partial charge in [-0.15, -0.1) is 0 Å². The maximum absolute atomic E-state index is 13.0. The number of nitrogens with one attached hydrogen (secondary N) is 1. The minimum atomic E-state index is -0.909. The number of halogens is 1. The Labute approximate surface area is 154 Å². The Kier molecular flexibility index (Phi) is 5.47. The topological polar surface area (TPSA) is 79.5 Å². The van der Waals surface area contributed by atoms with Crippen LogP contribution in [-0.2, 0) is 16.0 Å². The van der Waals surface area contributed by atoms with E-state index in [9.17, 15) is 14.0 Å². The zero-order chi connectivity index (χ0) is 19.2. The monoisotopic (exact) mass is 365 g/mol. The van der Waals surface area contributed by atoms with Gasteiger partial charge in [0.15, 0.2) is 0 Å². The predicted octanol–water partition coefficient (Wildman–Crippen LogP) is 4.36. The zero-order valence-corrected chi connectivity index (χ0v) is 14.2. The lowest BCUT2D eigenvalue weighted by Gasteiger charge is -2.03. The molecule has 0 aliphatic heterocycles. The second kappa shape index (κ2) is 8.14. The maximum Gasteiger partial charge on any atom is 0.307 e. The van der Waals surface area contributed by atoms with Crippen molar-refractivity contribution < 1.29 is 23.5 Å². The molecule has 0 aliphatic rings. The first kappa shape index (κ1) is 18.1. The van der Waals surface area contributed by atoms with E-state index in [2.05, 4.69) is 5.32 Å². The molecule has 136 valence electrons. The number of amides is 1. The third kappa shape index (κ3) is 5.15. The Balaban J connectivity index is 1.60. The highest BCUT2D eigenvalue weighted by Gasteiger charge is 2.05. The van der Waals surface area contributed by atoms with Gasteiger partial charge in [-0.2, -0.15) is 0 Å². The zero-order valence-electron chi connectivity index (χ0n) is 14.2. The van der Waals surface area contributed by atoms with Gasteiger partial charge in [-0.1, -0.05) is 12.1 Å². The Hall–Kier alpha value is -3.67. The first-order valence-electron chi connectivity index (χ1n) is 8.15. The van der Waals surface area contributed by atoms with Crippen molar-refractivity contribution in [2.75, 3.05) is 5.32 Å². The van der Waals surface area contributed by atoms with Gasteiger partial charge in [0.05, 0.1) is 6.42 Å². The van der Waals surface area contributed by atoms with Gasteiger partial charge in [0.2, 0.25) is 5.91 Å². The first-order chi connectivity index (χ1) is 13.0. The molecule has 27 heavy (non-hydrogen) atoms. The molecule has 2 N–H and O–H groups in total. The van der Waals surface area contributed by atoms with E-state index in [0.717, 1.165) is 5.56 Å². The van der Waals surface area contributed by atoms with Crippen molar-refractivity contribution in [3.63, 3.8) is 0 Å². The number of aliphatic carboxylic acids is 1. The normalized spacial score (nSPS) is 10.9. The molecule has 0 aliphatic carbocycles. The number of benzene rings is 2. The standard InChI is InChI=1S/C21H16FNO4/c22-16-5-3-15(4-6-16)19-11-9-18(27-19)10-12-20(24)23-17-7-1-14(2-8-17)13-21(25)26/h1-12H,13H2,(H,23,24)(H,25,26)/b12-10+. The van der Waals surface area contributed by atoms with Crippen molar-refractivity contribution in [1.82, 2.24) is 0 Å². The van der Waals surface area contributed by atoms with Crippen LogP contribution in [0.25, 0.3) is 17.4 Å². The number of hydrogen-bond donors (Lipinski definition) is 2. The van der Waals surface area contributed by atoms with E-state index in [1.807, 2.05) is 0 Å². The SMILES string of the molecule is O=C(O)Cc1ccc(NC(=O)/C=C/c2ccc(-c3ccc(F)cc3)o2)cc1. The van der Waals surface area contributed by atoms with E-state index < -0.39 is 5.97 Å². The summed E-state index contributed by atoms with van der Waals surface area (Å²) in [4.78, 5) is 22.6. The molecule has 0 bridgehead atoms. The Morgan fingerprint density at radius 3 is 2.37 bits per heavy atom. The molecule has 1 aromatic heterocycles. The molecule has 0 radical (unpaired) electrons. The largest absolute Gasteiger partial charge is 0.481 e. The molecule has 3 rings (SSSR count). The van der Waals surface area contributed by atoms with Crippen molar-refractivity contribution in [1.29, 1.82) is 0 Å². The smallest absolute Gasteiger partial charge is 0.307 e. The van der Waals surface area contributed by atoms with Gasteiger partial charge >= 0.3 is 5.97 Å². The Morgan fingerprint density at radius 1 is 1.00 bits per heavy atom. The number of rotatable bonds is 6. The highest BCUT2D eigenvalue weighted by atomic mass is 19.1. The molecule has 0 atom stereocenters. The predicted molar refractivity (Wildman–Crippen MR) is 99.5 cm³/mol. The van der Waals surface area contributed by atoms with Crippen LogP contribution >= 0.6 is 0 Å². The molecule has 0 fully saturated rings. The lowest BCUT2D eigenvalue weighted by Crippen LogP contribution is -2.08. The van der Waals surface area contributed by atoms with Gasteiger partial charge in [-0.3, -0.25) is 9.59 Å².